The molecule has 1 aliphatic heterocycles. The molecular weight excluding hydrogens is 360 g/mol. The summed E-state index contributed by atoms with van der Waals surface area (Å²) in [5.74, 6) is 0.519. The Bertz CT molecular complexity index is 906. The highest BCUT2D eigenvalue weighted by Crippen LogP contribution is 2.19. The van der Waals surface area contributed by atoms with E-state index >= 15 is 0 Å². The van der Waals surface area contributed by atoms with E-state index in [0.717, 1.165) is 36.9 Å². The first kappa shape index (κ1) is 19.2. The molecule has 1 amide bonds. The highest BCUT2D eigenvalue weighted by Gasteiger charge is 2.22. The number of sulfonamides is 1. The van der Waals surface area contributed by atoms with Gasteiger partial charge < -0.3 is 4.90 Å². The number of amides is 1. The number of hydrogen-bond acceptors (Lipinski definition) is 3. The molecule has 1 heterocycles. The molecule has 5 nitrogen and oxygen atoms in total. The fraction of sp³-hybridized carbons (Fsp3) is 0.286. The van der Waals surface area contributed by atoms with Crippen LogP contribution in [0.15, 0.2) is 60.0 Å². The van der Waals surface area contributed by atoms with Gasteiger partial charge in [0.15, 0.2) is 0 Å². The SMILES string of the molecule is CC1CCCN(C(=O)c2ccc(NS(=O)(=O)C=Cc3ccccc3)cc2)C1. The summed E-state index contributed by atoms with van der Waals surface area (Å²) in [7, 11) is -3.62. The molecule has 0 spiro atoms. The first-order valence-corrected chi connectivity index (χ1v) is 10.6. The lowest BCUT2D eigenvalue weighted by Crippen LogP contribution is -2.39. The van der Waals surface area contributed by atoms with Gasteiger partial charge in [0.1, 0.15) is 0 Å². The predicted octanol–water partition coefficient (Wildman–Crippen LogP) is 3.97. The third-order valence-corrected chi connectivity index (χ3v) is 5.59. The van der Waals surface area contributed by atoms with Gasteiger partial charge in [0, 0.05) is 24.3 Å². The molecule has 1 N–H and O–H groups in total. The molecule has 1 unspecified atom stereocenters. The molecule has 3 rings (SSSR count). The van der Waals surface area contributed by atoms with E-state index in [1.54, 1.807) is 24.3 Å². The van der Waals surface area contributed by atoms with E-state index in [0.29, 0.717) is 17.2 Å². The molecule has 0 aromatic heterocycles. The average Bonchev–Trinajstić information content (AvgIpc) is 2.67. The number of carbonyl (C=O) groups excluding carboxylic acids is 1. The Hall–Kier alpha value is -2.60. The Morgan fingerprint density at radius 3 is 2.48 bits per heavy atom. The van der Waals surface area contributed by atoms with Crippen molar-refractivity contribution in [3.8, 4) is 0 Å². The lowest BCUT2D eigenvalue weighted by atomic mass is 9.99. The summed E-state index contributed by atoms with van der Waals surface area (Å²) in [6, 6.07) is 15.8. The van der Waals surface area contributed by atoms with Crippen molar-refractivity contribution < 1.29 is 13.2 Å². The number of nitrogens with one attached hydrogen (secondary N) is 1. The number of rotatable bonds is 5. The van der Waals surface area contributed by atoms with E-state index in [-0.39, 0.29) is 5.91 Å². The van der Waals surface area contributed by atoms with Crippen LogP contribution < -0.4 is 4.72 Å². The van der Waals surface area contributed by atoms with Crippen LogP contribution in [0.25, 0.3) is 6.08 Å². The monoisotopic (exact) mass is 384 g/mol. The maximum Gasteiger partial charge on any atom is 0.255 e. The molecule has 142 valence electrons. The van der Waals surface area contributed by atoms with Crippen LogP contribution in [0, 0.1) is 5.92 Å². The number of likely N-dealkylation sites (tertiary alicyclic amines) is 1. The fourth-order valence-electron chi connectivity index (χ4n) is 3.17. The Balaban J connectivity index is 1.64. The second-order valence-corrected chi connectivity index (χ2v) is 8.50. The topological polar surface area (TPSA) is 66.5 Å². The fourth-order valence-corrected chi connectivity index (χ4v) is 4.04. The summed E-state index contributed by atoms with van der Waals surface area (Å²) in [6.07, 6.45) is 3.72. The molecule has 27 heavy (non-hydrogen) atoms. The zero-order valence-electron chi connectivity index (χ0n) is 15.3. The Kier molecular flexibility index (Phi) is 5.96. The van der Waals surface area contributed by atoms with Crippen molar-refractivity contribution in [1.82, 2.24) is 4.90 Å². The van der Waals surface area contributed by atoms with Gasteiger partial charge in [-0.1, -0.05) is 37.3 Å². The van der Waals surface area contributed by atoms with Crippen LogP contribution in [-0.2, 0) is 10.0 Å². The second kappa shape index (κ2) is 8.39. The van der Waals surface area contributed by atoms with E-state index in [9.17, 15) is 13.2 Å². The zero-order chi connectivity index (χ0) is 19.3. The number of anilines is 1. The van der Waals surface area contributed by atoms with Crippen LogP contribution in [0.2, 0.25) is 0 Å². The van der Waals surface area contributed by atoms with Crippen molar-refractivity contribution >= 4 is 27.7 Å². The summed E-state index contributed by atoms with van der Waals surface area (Å²) in [6.45, 7) is 3.71. The van der Waals surface area contributed by atoms with Crippen molar-refractivity contribution in [3.63, 3.8) is 0 Å². The first-order valence-electron chi connectivity index (χ1n) is 9.08. The van der Waals surface area contributed by atoms with Gasteiger partial charge in [0.2, 0.25) is 0 Å². The van der Waals surface area contributed by atoms with Gasteiger partial charge in [-0.15, -0.1) is 0 Å². The minimum Gasteiger partial charge on any atom is -0.338 e. The molecule has 1 aliphatic rings. The summed E-state index contributed by atoms with van der Waals surface area (Å²) in [5.41, 5.74) is 1.81. The van der Waals surface area contributed by atoms with Crippen LogP contribution in [0.1, 0.15) is 35.7 Å². The number of carbonyl (C=O) groups is 1. The minimum absolute atomic E-state index is 0.0000643. The molecular formula is C21H24N2O3S. The van der Waals surface area contributed by atoms with Crippen molar-refractivity contribution in [3.05, 3.63) is 71.1 Å². The average molecular weight is 385 g/mol. The molecule has 2 aromatic carbocycles. The van der Waals surface area contributed by atoms with E-state index < -0.39 is 10.0 Å². The summed E-state index contributed by atoms with van der Waals surface area (Å²) in [5, 5.41) is 1.14. The normalized spacial score (nSPS) is 17.8. The number of benzene rings is 2. The Labute approximate surface area is 160 Å². The van der Waals surface area contributed by atoms with Crippen LogP contribution in [0.5, 0.6) is 0 Å². The van der Waals surface area contributed by atoms with E-state index in [4.69, 9.17) is 0 Å². The van der Waals surface area contributed by atoms with Gasteiger partial charge in [-0.25, -0.2) is 8.42 Å². The molecule has 0 aliphatic carbocycles. The number of hydrogen-bond donors (Lipinski definition) is 1. The molecule has 0 radical (unpaired) electrons. The molecule has 1 saturated heterocycles. The van der Waals surface area contributed by atoms with Gasteiger partial charge in [-0.05, 0) is 54.7 Å². The summed E-state index contributed by atoms with van der Waals surface area (Å²) in [4.78, 5) is 14.4. The Morgan fingerprint density at radius 2 is 1.81 bits per heavy atom. The van der Waals surface area contributed by atoms with Crippen LogP contribution in [-0.4, -0.2) is 32.3 Å². The quantitative estimate of drug-likeness (QED) is 0.848. The Morgan fingerprint density at radius 1 is 1.11 bits per heavy atom. The number of nitrogens with zero attached hydrogens (tertiary/aromatic N) is 1. The van der Waals surface area contributed by atoms with Crippen molar-refractivity contribution in [2.24, 2.45) is 5.92 Å². The second-order valence-electron chi connectivity index (χ2n) is 6.94. The van der Waals surface area contributed by atoms with Crippen molar-refractivity contribution in [2.75, 3.05) is 17.8 Å². The highest BCUT2D eigenvalue weighted by atomic mass is 32.2. The van der Waals surface area contributed by atoms with Gasteiger partial charge in [-0.3, -0.25) is 9.52 Å². The van der Waals surface area contributed by atoms with E-state index in [1.165, 1.54) is 6.08 Å². The minimum atomic E-state index is -3.62. The standard InChI is InChI=1S/C21H24N2O3S/c1-17-6-5-14-23(16-17)21(24)19-9-11-20(12-10-19)22-27(25,26)15-13-18-7-3-2-4-8-18/h2-4,7-13,15,17,22H,5-6,14,16H2,1H3. The highest BCUT2D eigenvalue weighted by molar-refractivity contribution is 7.95. The van der Waals surface area contributed by atoms with Crippen LogP contribution >= 0.6 is 0 Å². The van der Waals surface area contributed by atoms with Crippen LogP contribution in [0.3, 0.4) is 0 Å². The molecule has 0 bridgehead atoms. The zero-order valence-corrected chi connectivity index (χ0v) is 16.2. The van der Waals surface area contributed by atoms with E-state index in [1.807, 2.05) is 35.2 Å². The maximum atomic E-state index is 12.6. The first-order chi connectivity index (χ1) is 12.9. The van der Waals surface area contributed by atoms with Crippen molar-refractivity contribution in [2.45, 2.75) is 19.8 Å². The largest absolute Gasteiger partial charge is 0.338 e. The van der Waals surface area contributed by atoms with Crippen molar-refractivity contribution in [1.29, 1.82) is 0 Å². The maximum absolute atomic E-state index is 12.6. The molecule has 1 fully saturated rings. The third-order valence-electron chi connectivity index (χ3n) is 4.58. The predicted molar refractivity (Wildman–Crippen MR) is 109 cm³/mol. The molecule has 0 saturated carbocycles. The summed E-state index contributed by atoms with van der Waals surface area (Å²) >= 11 is 0. The van der Waals surface area contributed by atoms with Gasteiger partial charge in [0.05, 0.1) is 5.41 Å². The lowest BCUT2D eigenvalue weighted by molar-refractivity contribution is 0.0683. The lowest BCUT2D eigenvalue weighted by Gasteiger charge is -2.31. The molecule has 6 heteroatoms. The van der Waals surface area contributed by atoms with Gasteiger partial charge >= 0.3 is 0 Å². The van der Waals surface area contributed by atoms with Gasteiger partial charge in [-0.2, -0.15) is 0 Å². The molecule has 2 aromatic rings. The summed E-state index contributed by atoms with van der Waals surface area (Å²) < 4.78 is 26.9. The molecule has 1 atom stereocenters. The van der Waals surface area contributed by atoms with E-state index in [2.05, 4.69) is 11.6 Å². The number of piperidine rings is 1. The third kappa shape index (κ3) is 5.44. The smallest absolute Gasteiger partial charge is 0.255 e. The van der Waals surface area contributed by atoms with Gasteiger partial charge in [0.25, 0.3) is 15.9 Å². The van der Waals surface area contributed by atoms with Crippen LogP contribution in [0.4, 0.5) is 5.69 Å².